The van der Waals surface area contributed by atoms with E-state index in [-0.39, 0.29) is 37.1 Å². The maximum atomic E-state index is 12.2. The lowest BCUT2D eigenvalue weighted by Crippen LogP contribution is -2.43. The normalized spacial score (nSPS) is 14.5. The van der Waals surface area contributed by atoms with Crippen molar-refractivity contribution in [3.05, 3.63) is 70.3 Å². The second-order valence-electron chi connectivity index (χ2n) is 9.46. The van der Waals surface area contributed by atoms with Gasteiger partial charge in [-0.3, -0.25) is 9.69 Å². The third-order valence-electron chi connectivity index (χ3n) is 6.18. The van der Waals surface area contributed by atoms with E-state index >= 15 is 0 Å². The molecule has 196 valence electrons. The van der Waals surface area contributed by atoms with E-state index in [4.69, 9.17) is 20.6 Å². The number of nitrogens with two attached hydrogens (primary N) is 1. The lowest BCUT2D eigenvalue weighted by Gasteiger charge is -2.30. The van der Waals surface area contributed by atoms with Crippen molar-refractivity contribution in [2.45, 2.75) is 52.8 Å². The van der Waals surface area contributed by atoms with E-state index in [1.807, 2.05) is 32.9 Å². The monoisotopic (exact) mass is 505 g/mol. The number of aliphatic hydroxyl groups is 1. The third-order valence-corrected chi connectivity index (χ3v) is 6.18. The molecule has 9 nitrogen and oxygen atoms in total. The number of ether oxygens (including phenoxy) is 1. The van der Waals surface area contributed by atoms with Crippen LogP contribution < -0.4 is 16.0 Å². The first-order chi connectivity index (χ1) is 17.7. The van der Waals surface area contributed by atoms with Crippen LogP contribution >= 0.6 is 0 Å². The molecule has 0 bridgehead atoms. The predicted octanol–water partition coefficient (Wildman–Crippen LogP) is 2.82. The van der Waals surface area contributed by atoms with E-state index in [9.17, 15) is 10.1 Å². The van der Waals surface area contributed by atoms with Gasteiger partial charge in [-0.1, -0.05) is 18.7 Å². The SMILES string of the molecule is C=C(/N=C(\ON)c1ccc(OC(C)C)c(C#N)c1)c1ccc2c(c1C)CCN(CC(=O)N[C@H](C)CO)C2. The summed E-state index contributed by atoms with van der Waals surface area (Å²) in [6, 6.07) is 10.9. The van der Waals surface area contributed by atoms with Crippen LogP contribution in [0, 0.1) is 18.3 Å². The molecular formula is C28H35N5O4. The average Bonchev–Trinajstić information content (AvgIpc) is 2.87. The van der Waals surface area contributed by atoms with Crippen LogP contribution in [0.25, 0.3) is 5.70 Å². The Bertz CT molecular complexity index is 1230. The number of amides is 1. The highest BCUT2D eigenvalue weighted by Gasteiger charge is 2.22. The van der Waals surface area contributed by atoms with E-state index in [0.29, 0.717) is 29.1 Å². The minimum atomic E-state index is -0.263. The standard InChI is InChI=1S/C28H35N5O4/c1-17(2)36-26-9-7-21(12-23(26)13-29)28(37-30)32-20(5)24-8-6-22-14-33(11-10-25(22)19(24)4)15-27(35)31-18(3)16-34/h6-9,12,17-18,34H,5,10-11,14-16,30H2,1-4H3,(H,31,35)/b32-28-/t18-/m1/s1. The zero-order chi connectivity index (χ0) is 27.1. The molecule has 0 saturated heterocycles. The Balaban J connectivity index is 1.79. The number of nitrogens with one attached hydrogen (secondary N) is 1. The van der Waals surface area contributed by atoms with Crippen molar-refractivity contribution in [1.29, 1.82) is 5.26 Å². The minimum Gasteiger partial charge on any atom is -0.490 e. The van der Waals surface area contributed by atoms with Crippen LogP contribution in [0.2, 0.25) is 0 Å². The molecule has 1 atom stereocenters. The Morgan fingerprint density at radius 1 is 1.32 bits per heavy atom. The highest BCUT2D eigenvalue weighted by molar-refractivity contribution is 5.98. The highest BCUT2D eigenvalue weighted by Crippen LogP contribution is 2.29. The van der Waals surface area contributed by atoms with Gasteiger partial charge < -0.3 is 20.0 Å². The highest BCUT2D eigenvalue weighted by atomic mass is 16.6. The van der Waals surface area contributed by atoms with E-state index in [1.165, 1.54) is 5.56 Å². The molecule has 0 aliphatic carbocycles. The number of carbonyl (C=O) groups is 1. The van der Waals surface area contributed by atoms with Gasteiger partial charge in [0.2, 0.25) is 11.8 Å². The molecule has 0 fully saturated rings. The molecule has 0 radical (unpaired) electrons. The van der Waals surface area contributed by atoms with E-state index in [1.54, 1.807) is 25.1 Å². The Hall–Kier alpha value is -3.71. The zero-order valence-electron chi connectivity index (χ0n) is 21.9. The smallest absolute Gasteiger partial charge is 0.245 e. The quantitative estimate of drug-likeness (QED) is 0.271. The Morgan fingerprint density at radius 2 is 2.08 bits per heavy atom. The summed E-state index contributed by atoms with van der Waals surface area (Å²) in [7, 11) is 0. The lowest BCUT2D eigenvalue weighted by atomic mass is 9.91. The van der Waals surface area contributed by atoms with Gasteiger partial charge >= 0.3 is 0 Å². The summed E-state index contributed by atoms with van der Waals surface area (Å²) >= 11 is 0. The van der Waals surface area contributed by atoms with Crippen LogP contribution in [-0.4, -0.2) is 53.7 Å². The van der Waals surface area contributed by atoms with Gasteiger partial charge in [0.05, 0.1) is 30.5 Å². The van der Waals surface area contributed by atoms with Crippen LogP contribution in [0.15, 0.2) is 41.9 Å². The number of nitrogens with zero attached hydrogens (tertiary/aromatic N) is 3. The summed E-state index contributed by atoms with van der Waals surface area (Å²) in [5.41, 5.74) is 5.69. The number of nitriles is 1. The number of rotatable bonds is 9. The predicted molar refractivity (Wildman–Crippen MR) is 143 cm³/mol. The molecule has 0 saturated carbocycles. The Labute approximate surface area is 218 Å². The second kappa shape index (κ2) is 12.5. The van der Waals surface area contributed by atoms with Crippen LogP contribution in [0.5, 0.6) is 5.75 Å². The van der Waals surface area contributed by atoms with Crippen molar-refractivity contribution in [1.82, 2.24) is 10.2 Å². The van der Waals surface area contributed by atoms with Crippen LogP contribution in [-0.2, 0) is 22.6 Å². The van der Waals surface area contributed by atoms with Crippen molar-refractivity contribution in [2.24, 2.45) is 10.9 Å². The van der Waals surface area contributed by atoms with Crippen LogP contribution in [0.1, 0.15) is 54.2 Å². The van der Waals surface area contributed by atoms with Gasteiger partial charge in [0.15, 0.2) is 0 Å². The number of fused-ring (bicyclic) bond motifs is 1. The average molecular weight is 506 g/mol. The first kappa shape index (κ1) is 27.9. The first-order valence-electron chi connectivity index (χ1n) is 12.3. The molecule has 2 aromatic carbocycles. The number of benzene rings is 2. The summed E-state index contributed by atoms with van der Waals surface area (Å²) in [5.74, 6) is 6.07. The topological polar surface area (TPSA) is 133 Å². The molecule has 2 aromatic rings. The van der Waals surface area contributed by atoms with E-state index < -0.39 is 0 Å². The van der Waals surface area contributed by atoms with Crippen molar-refractivity contribution >= 4 is 17.5 Å². The van der Waals surface area contributed by atoms with Gasteiger partial charge in [0.25, 0.3) is 0 Å². The largest absolute Gasteiger partial charge is 0.490 e. The fourth-order valence-corrected chi connectivity index (χ4v) is 4.36. The minimum absolute atomic E-state index is 0.0668. The van der Waals surface area contributed by atoms with E-state index in [0.717, 1.165) is 29.7 Å². The maximum absolute atomic E-state index is 12.2. The fraction of sp³-hybridized carbons (Fsp3) is 0.393. The molecular weight excluding hydrogens is 470 g/mol. The molecule has 3 rings (SSSR count). The van der Waals surface area contributed by atoms with Gasteiger partial charge in [0.1, 0.15) is 11.8 Å². The van der Waals surface area contributed by atoms with Gasteiger partial charge in [0, 0.05) is 30.3 Å². The molecule has 1 aliphatic rings. The molecule has 1 aliphatic heterocycles. The number of aliphatic hydroxyl groups excluding tert-OH is 1. The first-order valence-corrected chi connectivity index (χ1v) is 12.3. The molecule has 9 heteroatoms. The summed E-state index contributed by atoms with van der Waals surface area (Å²) in [6.07, 6.45) is 0.723. The third kappa shape index (κ3) is 6.95. The van der Waals surface area contributed by atoms with Gasteiger partial charge in [-0.05, 0) is 69.0 Å². The van der Waals surface area contributed by atoms with Crippen molar-refractivity contribution < 1.29 is 19.5 Å². The maximum Gasteiger partial charge on any atom is 0.245 e. The lowest BCUT2D eigenvalue weighted by molar-refractivity contribution is -0.123. The fourth-order valence-electron chi connectivity index (χ4n) is 4.36. The molecule has 0 aromatic heterocycles. The number of aliphatic imine (C=N–C) groups is 1. The number of carbonyl (C=O) groups excluding carboxylic acids is 1. The zero-order valence-corrected chi connectivity index (χ0v) is 21.9. The van der Waals surface area contributed by atoms with Crippen molar-refractivity contribution in [2.75, 3.05) is 19.7 Å². The van der Waals surface area contributed by atoms with Crippen LogP contribution in [0.3, 0.4) is 0 Å². The number of hydrogen-bond acceptors (Lipinski definition) is 8. The summed E-state index contributed by atoms with van der Waals surface area (Å²) in [6.45, 7) is 13.3. The van der Waals surface area contributed by atoms with E-state index in [2.05, 4.69) is 27.9 Å². The molecule has 1 heterocycles. The number of hydrogen-bond donors (Lipinski definition) is 3. The Morgan fingerprint density at radius 3 is 2.73 bits per heavy atom. The van der Waals surface area contributed by atoms with Crippen molar-refractivity contribution in [3.63, 3.8) is 0 Å². The van der Waals surface area contributed by atoms with Gasteiger partial charge in [-0.25, -0.2) is 4.99 Å². The summed E-state index contributed by atoms with van der Waals surface area (Å²) < 4.78 is 5.69. The summed E-state index contributed by atoms with van der Waals surface area (Å²) in [4.78, 5) is 23.9. The molecule has 4 N–H and O–H groups in total. The van der Waals surface area contributed by atoms with Gasteiger partial charge in [-0.2, -0.15) is 11.2 Å². The Kier molecular flexibility index (Phi) is 9.42. The van der Waals surface area contributed by atoms with Crippen molar-refractivity contribution in [3.8, 4) is 11.8 Å². The molecule has 0 spiro atoms. The second-order valence-corrected chi connectivity index (χ2v) is 9.46. The summed E-state index contributed by atoms with van der Waals surface area (Å²) in [5, 5.41) is 21.5. The molecule has 37 heavy (non-hydrogen) atoms. The van der Waals surface area contributed by atoms with Gasteiger partial charge in [-0.15, -0.1) is 0 Å². The molecule has 0 unspecified atom stereocenters. The molecule has 1 amide bonds. The van der Waals surface area contributed by atoms with Crippen LogP contribution in [0.4, 0.5) is 0 Å².